The monoisotopic (exact) mass is 141 g/mol. The van der Waals surface area contributed by atoms with Crippen LogP contribution in [0, 0.1) is 5.92 Å². The van der Waals surface area contributed by atoms with Crippen molar-refractivity contribution in [1.29, 1.82) is 0 Å². The highest BCUT2D eigenvalue weighted by atomic mass is 16.1. The fourth-order valence-corrected chi connectivity index (χ4v) is 1.47. The Morgan fingerprint density at radius 2 is 2.20 bits per heavy atom. The van der Waals surface area contributed by atoms with E-state index in [-0.39, 0.29) is 5.91 Å². The molecular weight excluding hydrogens is 126 g/mol. The van der Waals surface area contributed by atoms with Crippen LogP contribution in [-0.2, 0) is 4.79 Å². The summed E-state index contributed by atoms with van der Waals surface area (Å²) in [6.07, 6.45) is 3.64. The molecule has 0 bridgehead atoms. The van der Waals surface area contributed by atoms with E-state index in [0.29, 0.717) is 6.04 Å². The molecule has 1 amide bonds. The third-order valence-electron chi connectivity index (χ3n) is 2.22. The number of hydrogen-bond acceptors (Lipinski definition) is 1. The molecule has 10 heavy (non-hydrogen) atoms. The van der Waals surface area contributed by atoms with Gasteiger partial charge in [-0.05, 0) is 18.8 Å². The second-order valence-electron chi connectivity index (χ2n) is 3.14. The Morgan fingerprint density at radius 1 is 1.60 bits per heavy atom. The molecule has 0 spiro atoms. The van der Waals surface area contributed by atoms with Crippen molar-refractivity contribution in [2.24, 2.45) is 5.92 Å². The van der Waals surface area contributed by atoms with Gasteiger partial charge in [-0.1, -0.05) is 13.3 Å². The first-order chi connectivity index (χ1) is 4.72. The largest absolute Gasteiger partial charge is 0.354 e. The van der Waals surface area contributed by atoms with E-state index in [1.165, 1.54) is 19.3 Å². The molecule has 0 aromatic heterocycles. The zero-order chi connectivity index (χ0) is 7.56. The molecule has 58 valence electrons. The maximum absolute atomic E-state index is 10.5. The second kappa shape index (κ2) is 3.04. The zero-order valence-electron chi connectivity index (χ0n) is 6.68. The van der Waals surface area contributed by atoms with E-state index in [0.717, 1.165) is 5.92 Å². The molecule has 0 aliphatic heterocycles. The minimum absolute atomic E-state index is 0.111. The summed E-state index contributed by atoms with van der Waals surface area (Å²) in [5, 5.41) is 2.90. The maximum atomic E-state index is 10.5. The normalized spacial score (nSPS) is 31.0. The topological polar surface area (TPSA) is 29.1 Å². The molecule has 0 atom stereocenters. The Balaban J connectivity index is 2.08. The van der Waals surface area contributed by atoms with Crippen molar-refractivity contribution in [1.82, 2.24) is 5.32 Å². The molecule has 0 unspecified atom stereocenters. The molecule has 1 fully saturated rings. The predicted octanol–water partition coefficient (Wildman–Crippen LogP) is 1.31. The van der Waals surface area contributed by atoms with Gasteiger partial charge >= 0.3 is 0 Å². The van der Waals surface area contributed by atoms with Crippen molar-refractivity contribution in [3.63, 3.8) is 0 Å². The molecular formula is C8H15NO. The van der Waals surface area contributed by atoms with Crippen LogP contribution in [0.5, 0.6) is 0 Å². The lowest BCUT2D eigenvalue weighted by Crippen LogP contribution is -2.43. The second-order valence-corrected chi connectivity index (χ2v) is 3.14. The molecule has 1 N–H and O–H groups in total. The van der Waals surface area contributed by atoms with Crippen molar-refractivity contribution in [2.45, 2.75) is 39.2 Å². The lowest BCUT2D eigenvalue weighted by Gasteiger charge is -2.34. The number of carbonyl (C=O) groups excluding carboxylic acids is 1. The third-order valence-corrected chi connectivity index (χ3v) is 2.22. The molecule has 0 aromatic rings. The summed E-state index contributed by atoms with van der Waals surface area (Å²) in [4.78, 5) is 10.5. The van der Waals surface area contributed by atoms with E-state index in [4.69, 9.17) is 0 Å². The van der Waals surface area contributed by atoms with E-state index in [1.807, 2.05) is 0 Å². The maximum Gasteiger partial charge on any atom is 0.217 e. The van der Waals surface area contributed by atoms with Crippen LogP contribution in [-0.4, -0.2) is 11.9 Å². The van der Waals surface area contributed by atoms with Crippen LogP contribution < -0.4 is 5.32 Å². The van der Waals surface area contributed by atoms with Crippen LogP contribution in [0.3, 0.4) is 0 Å². The van der Waals surface area contributed by atoms with Crippen LogP contribution in [0.25, 0.3) is 0 Å². The Bertz CT molecular complexity index is 127. The number of rotatable bonds is 2. The summed E-state index contributed by atoms with van der Waals surface area (Å²) in [7, 11) is 0. The van der Waals surface area contributed by atoms with Gasteiger partial charge in [0, 0.05) is 13.0 Å². The van der Waals surface area contributed by atoms with Gasteiger partial charge in [-0.2, -0.15) is 0 Å². The molecule has 1 saturated carbocycles. The zero-order valence-corrected chi connectivity index (χ0v) is 6.68. The predicted molar refractivity (Wildman–Crippen MR) is 40.6 cm³/mol. The number of amides is 1. The van der Waals surface area contributed by atoms with E-state index < -0.39 is 0 Å². The van der Waals surface area contributed by atoms with Crippen LogP contribution in [0.15, 0.2) is 0 Å². The first kappa shape index (κ1) is 7.58. The van der Waals surface area contributed by atoms with Gasteiger partial charge in [0.05, 0.1) is 0 Å². The SMILES string of the molecule is CCC1CC(NC(C)=O)C1. The Kier molecular flexibility index (Phi) is 2.30. The Hall–Kier alpha value is -0.530. The first-order valence-electron chi connectivity index (χ1n) is 3.99. The smallest absolute Gasteiger partial charge is 0.217 e. The van der Waals surface area contributed by atoms with Gasteiger partial charge in [-0.3, -0.25) is 4.79 Å². The highest BCUT2D eigenvalue weighted by molar-refractivity contribution is 5.73. The van der Waals surface area contributed by atoms with Crippen LogP contribution in [0.2, 0.25) is 0 Å². The van der Waals surface area contributed by atoms with E-state index in [1.54, 1.807) is 6.92 Å². The van der Waals surface area contributed by atoms with Crippen molar-refractivity contribution in [3.05, 3.63) is 0 Å². The molecule has 1 aliphatic carbocycles. The summed E-state index contributed by atoms with van der Waals surface area (Å²) in [5.74, 6) is 0.983. The van der Waals surface area contributed by atoms with Gasteiger partial charge in [-0.15, -0.1) is 0 Å². The van der Waals surface area contributed by atoms with Crippen LogP contribution in [0.4, 0.5) is 0 Å². The van der Waals surface area contributed by atoms with Crippen molar-refractivity contribution in [2.75, 3.05) is 0 Å². The van der Waals surface area contributed by atoms with Gasteiger partial charge in [0.1, 0.15) is 0 Å². The summed E-state index contributed by atoms with van der Waals surface area (Å²) in [6.45, 7) is 3.79. The fourth-order valence-electron chi connectivity index (χ4n) is 1.47. The molecule has 0 saturated heterocycles. The van der Waals surface area contributed by atoms with Crippen LogP contribution in [0.1, 0.15) is 33.1 Å². The van der Waals surface area contributed by atoms with E-state index in [9.17, 15) is 4.79 Å². The van der Waals surface area contributed by atoms with Crippen molar-refractivity contribution < 1.29 is 4.79 Å². The van der Waals surface area contributed by atoms with Gasteiger partial charge in [0.15, 0.2) is 0 Å². The summed E-state index contributed by atoms with van der Waals surface area (Å²) < 4.78 is 0. The number of carbonyl (C=O) groups is 1. The molecule has 1 aliphatic rings. The van der Waals surface area contributed by atoms with Crippen molar-refractivity contribution >= 4 is 5.91 Å². The third kappa shape index (κ3) is 1.72. The van der Waals surface area contributed by atoms with E-state index in [2.05, 4.69) is 12.2 Å². The quantitative estimate of drug-likeness (QED) is 0.617. The highest BCUT2D eigenvalue weighted by Gasteiger charge is 2.27. The molecule has 1 rings (SSSR count). The molecule has 2 heteroatoms. The molecule has 0 heterocycles. The van der Waals surface area contributed by atoms with Gasteiger partial charge in [0.2, 0.25) is 5.91 Å². The Morgan fingerprint density at radius 3 is 2.60 bits per heavy atom. The van der Waals surface area contributed by atoms with Crippen molar-refractivity contribution in [3.8, 4) is 0 Å². The number of hydrogen-bond donors (Lipinski definition) is 1. The molecule has 2 nitrogen and oxygen atoms in total. The lowest BCUT2D eigenvalue weighted by atomic mass is 9.79. The van der Waals surface area contributed by atoms with Crippen LogP contribution >= 0.6 is 0 Å². The van der Waals surface area contributed by atoms with E-state index >= 15 is 0 Å². The molecule has 0 aromatic carbocycles. The lowest BCUT2D eigenvalue weighted by molar-refractivity contribution is -0.120. The average molecular weight is 141 g/mol. The average Bonchev–Trinajstić information content (AvgIpc) is 1.76. The summed E-state index contributed by atoms with van der Waals surface area (Å²) in [6, 6.07) is 0.488. The molecule has 0 radical (unpaired) electrons. The fraction of sp³-hybridized carbons (Fsp3) is 0.875. The summed E-state index contributed by atoms with van der Waals surface area (Å²) in [5.41, 5.74) is 0. The minimum atomic E-state index is 0.111. The number of nitrogens with one attached hydrogen (secondary N) is 1. The summed E-state index contributed by atoms with van der Waals surface area (Å²) >= 11 is 0. The first-order valence-corrected chi connectivity index (χ1v) is 3.99. The van der Waals surface area contributed by atoms with Gasteiger partial charge < -0.3 is 5.32 Å². The minimum Gasteiger partial charge on any atom is -0.354 e. The highest BCUT2D eigenvalue weighted by Crippen LogP contribution is 2.29. The van der Waals surface area contributed by atoms with Gasteiger partial charge in [-0.25, -0.2) is 0 Å². The standard InChI is InChI=1S/C8H15NO/c1-3-7-4-8(5-7)9-6(2)10/h7-8H,3-5H2,1-2H3,(H,9,10). The Labute approximate surface area is 62.0 Å². The van der Waals surface area contributed by atoms with Gasteiger partial charge in [0.25, 0.3) is 0 Å².